The van der Waals surface area contributed by atoms with Gasteiger partial charge in [0.15, 0.2) is 5.82 Å². The molecule has 2 rings (SSSR count). The number of aromatic nitrogens is 2. The third-order valence-electron chi connectivity index (χ3n) is 2.47. The maximum Gasteiger partial charge on any atom is 0.259 e. The number of nitrogens with zero attached hydrogens (tertiary/aromatic N) is 1. The number of hydrogen-bond acceptors (Lipinski definition) is 3. The number of nitrogen functional groups attached to an aromatic ring is 1. The molecule has 0 fully saturated rings. The highest BCUT2D eigenvalue weighted by Crippen LogP contribution is 2.18. The minimum Gasteiger partial charge on any atom is -0.399 e. The lowest BCUT2D eigenvalue weighted by Crippen LogP contribution is -2.15. The number of carbonyl (C=O) groups excluding carboxylic acids is 1. The lowest BCUT2D eigenvalue weighted by atomic mass is 10.1. The van der Waals surface area contributed by atoms with Crippen LogP contribution >= 0.6 is 0 Å². The molecule has 0 aliphatic rings. The van der Waals surface area contributed by atoms with Crippen molar-refractivity contribution < 1.29 is 9.18 Å². The SMILES string of the molecule is Cc1cc(NC(=O)c2cc(N)cc(C)c2F)n[nH]1. The number of rotatable bonds is 2. The van der Waals surface area contributed by atoms with Crippen molar-refractivity contribution in [3.8, 4) is 0 Å². The van der Waals surface area contributed by atoms with Gasteiger partial charge in [-0.25, -0.2) is 4.39 Å². The van der Waals surface area contributed by atoms with Crippen LogP contribution in [-0.2, 0) is 0 Å². The summed E-state index contributed by atoms with van der Waals surface area (Å²) in [6.07, 6.45) is 0. The molecule has 18 heavy (non-hydrogen) atoms. The molecule has 1 amide bonds. The van der Waals surface area contributed by atoms with Gasteiger partial charge >= 0.3 is 0 Å². The molecule has 1 heterocycles. The van der Waals surface area contributed by atoms with Crippen LogP contribution in [-0.4, -0.2) is 16.1 Å². The lowest BCUT2D eigenvalue weighted by Gasteiger charge is -2.06. The normalized spacial score (nSPS) is 10.4. The summed E-state index contributed by atoms with van der Waals surface area (Å²) in [5.74, 6) is -0.805. The van der Waals surface area contributed by atoms with E-state index in [1.54, 1.807) is 19.9 Å². The Bertz CT molecular complexity index is 606. The van der Waals surface area contributed by atoms with Gasteiger partial charge < -0.3 is 11.1 Å². The van der Waals surface area contributed by atoms with E-state index in [4.69, 9.17) is 5.73 Å². The van der Waals surface area contributed by atoms with Crippen molar-refractivity contribution in [3.05, 3.63) is 40.8 Å². The van der Waals surface area contributed by atoms with E-state index >= 15 is 0 Å². The summed E-state index contributed by atoms with van der Waals surface area (Å²) >= 11 is 0. The van der Waals surface area contributed by atoms with Gasteiger partial charge in [-0.1, -0.05) is 0 Å². The summed E-state index contributed by atoms with van der Waals surface area (Å²) in [6, 6.07) is 4.43. The standard InChI is InChI=1S/C12H13FN4O/c1-6-3-8(14)5-9(11(6)13)12(18)15-10-4-7(2)16-17-10/h3-5H,14H2,1-2H3,(H2,15,16,17,18). The van der Waals surface area contributed by atoms with Crippen molar-refractivity contribution in [2.75, 3.05) is 11.1 Å². The quantitative estimate of drug-likeness (QED) is 0.711. The van der Waals surface area contributed by atoms with E-state index in [1.807, 2.05) is 0 Å². The Morgan fingerprint density at radius 1 is 1.39 bits per heavy atom. The largest absolute Gasteiger partial charge is 0.399 e. The lowest BCUT2D eigenvalue weighted by molar-refractivity contribution is 0.102. The van der Waals surface area contributed by atoms with Crippen LogP contribution in [0.2, 0.25) is 0 Å². The van der Waals surface area contributed by atoms with Gasteiger partial charge in [0.25, 0.3) is 5.91 Å². The van der Waals surface area contributed by atoms with Crippen LogP contribution in [0, 0.1) is 19.7 Å². The number of nitrogens with two attached hydrogens (primary N) is 1. The number of H-pyrrole nitrogens is 1. The van der Waals surface area contributed by atoms with E-state index in [0.717, 1.165) is 5.69 Å². The average molecular weight is 248 g/mol. The maximum absolute atomic E-state index is 13.8. The van der Waals surface area contributed by atoms with E-state index in [9.17, 15) is 9.18 Å². The number of aromatic amines is 1. The number of hydrogen-bond donors (Lipinski definition) is 3. The molecular formula is C12H13FN4O. The van der Waals surface area contributed by atoms with Crippen LogP contribution in [0.4, 0.5) is 15.9 Å². The number of amides is 1. The zero-order valence-electron chi connectivity index (χ0n) is 10.0. The highest BCUT2D eigenvalue weighted by atomic mass is 19.1. The summed E-state index contributed by atoms with van der Waals surface area (Å²) in [5.41, 5.74) is 6.98. The minimum atomic E-state index is -0.575. The molecule has 6 heteroatoms. The predicted molar refractivity (Wildman–Crippen MR) is 66.8 cm³/mol. The third kappa shape index (κ3) is 2.32. The Labute approximate surface area is 103 Å². The highest BCUT2D eigenvalue weighted by molar-refractivity contribution is 6.04. The molecule has 0 unspecified atom stereocenters. The van der Waals surface area contributed by atoms with E-state index in [0.29, 0.717) is 17.1 Å². The Balaban J connectivity index is 2.29. The first-order valence-corrected chi connectivity index (χ1v) is 5.36. The average Bonchev–Trinajstić information content (AvgIpc) is 2.69. The second-order valence-electron chi connectivity index (χ2n) is 4.09. The zero-order valence-corrected chi connectivity index (χ0v) is 10.0. The van der Waals surface area contributed by atoms with Crippen LogP contribution in [0.25, 0.3) is 0 Å². The molecule has 5 nitrogen and oxygen atoms in total. The molecule has 0 saturated carbocycles. The van der Waals surface area contributed by atoms with Gasteiger partial charge in [-0.05, 0) is 31.5 Å². The fourth-order valence-corrected chi connectivity index (χ4v) is 1.63. The second kappa shape index (κ2) is 4.48. The molecular weight excluding hydrogens is 235 g/mol. The van der Waals surface area contributed by atoms with Gasteiger partial charge in [0.1, 0.15) is 5.82 Å². The fourth-order valence-electron chi connectivity index (χ4n) is 1.63. The molecule has 0 spiro atoms. The Hall–Kier alpha value is -2.37. The zero-order chi connectivity index (χ0) is 13.3. The Morgan fingerprint density at radius 2 is 2.11 bits per heavy atom. The van der Waals surface area contributed by atoms with Gasteiger partial charge in [0, 0.05) is 17.4 Å². The van der Waals surface area contributed by atoms with Crippen molar-refractivity contribution in [3.63, 3.8) is 0 Å². The molecule has 0 aliphatic heterocycles. The molecule has 1 aromatic carbocycles. The summed E-state index contributed by atoms with van der Waals surface area (Å²) in [4.78, 5) is 11.9. The minimum absolute atomic E-state index is 0.0897. The summed E-state index contributed by atoms with van der Waals surface area (Å²) in [7, 11) is 0. The number of anilines is 2. The van der Waals surface area contributed by atoms with Gasteiger partial charge in [-0.15, -0.1) is 0 Å². The monoisotopic (exact) mass is 248 g/mol. The van der Waals surface area contributed by atoms with Crippen molar-refractivity contribution in [2.45, 2.75) is 13.8 Å². The number of nitrogens with one attached hydrogen (secondary N) is 2. The van der Waals surface area contributed by atoms with E-state index in [2.05, 4.69) is 15.5 Å². The smallest absolute Gasteiger partial charge is 0.259 e. The van der Waals surface area contributed by atoms with Crippen LogP contribution in [0.5, 0.6) is 0 Å². The van der Waals surface area contributed by atoms with Crippen LogP contribution in [0.3, 0.4) is 0 Å². The molecule has 0 atom stereocenters. The summed E-state index contributed by atoms with van der Waals surface area (Å²) in [5, 5.41) is 9.02. The van der Waals surface area contributed by atoms with Gasteiger partial charge in [-0.2, -0.15) is 5.10 Å². The Kier molecular flexibility index (Phi) is 3.01. The summed E-state index contributed by atoms with van der Waals surface area (Å²) < 4.78 is 13.8. The van der Waals surface area contributed by atoms with E-state index < -0.39 is 11.7 Å². The molecule has 94 valence electrons. The molecule has 4 N–H and O–H groups in total. The number of benzene rings is 1. The topological polar surface area (TPSA) is 83.8 Å². The van der Waals surface area contributed by atoms with Crippen molar-refractivity contribution in [1.29, 1.82) is 0 Å². The second-order valence-corrected chi connectivity index (χ2v) is 4.09. The number of carbonyl (C=O) groups is 1. The van der Waals surface area contributed by atoms with E-state index in [1.165, 1.54) is 12.1 Å². The molecule has 0 aliphatic carbocycles. The third-order valence-corrected chi connectivity index (χ3v) is 2.47. The van der Waals surface area contributed by atoms with Crippen LogP contribution in [0.15, 0.2) is 18.2 Å². The van der Waals surface area contributed by atoms with Crippen LogP contribution in [0.1, 0.15) is 21.6 Å². The van der Waals surface area contributed by atoms with Crippen molar-refractivity contribution in [2.24, 2.45) is 0 Å². The van der Waals surface area contributed by atoms with Gasteiger partial charge in [0.05, 0.1) is 5.56 Å². The van der Waals surface area contributed by atoms with Gasteiger partial charge in [0.2, 0.25) is 0 Å². The first-order valence-electron chi connectivity index (χ1n) is 5.36. The van der Waals surface area contributed by atoms with E-state index in [-0.39, 0.29) is 5.56 Å². The summed E-state index contributed by atoms with van der Waals surface area (Å²) in [6.45, 7) is 3.36. The first kappa shape index (κ1) is 12.1. The maximum atomic E-state index is 13.8. The fraction of sp³-hybridized carbons (Fsp3) is 0.167. The highest BCUT2D eigenvalue weighted by Gasteiger charge is 2.15. The molecule has 0 saturated heterocycles. The van der Waals surface area contributed by atoms with Crippen molar-refractivity contribution >= 4 is 17.4 Å². The molecule has 0 bridgehead atoms. The van der Waals surface area contributed by atoms with Crippen molar-refractivity contribution in [1.82, 2.24) is 10.2 Å². The molecule has 0 radical (unpaired) electrons. The van der Waals surface area contributed by atoms with Crippen LogP contribution < -0.4 is 11.1 Å². The molecule has 1 aromatic heterocycles. The number of aryl methyl sites for hydroxylation is 2. The molecule has 2 aromatic rings. The Morgan fingerprint density at radius 3 is 2.72 bits per heavy atom. The predicted octanol–water partition coefficient (Wildman–Crippen LogP) is 2.00. The number of halogens is 1. The van der Waals surface area contributed by atoms with Gasteiger partial charge in [-0.3, -0.25) is 9.89 Å². The first-order chi connectivity index (χ1) is 8.47.